The van der Waals surface area contributed by atoms with Gasteiger partial charge in [-0.25, -0.2) is 13.2 Å². The van der Waals surface area contributed by atoms with Gasteiger partial charge in [0.1, 0.15) is 4.90 Å². The van der Waals surface area contributed by atoms with Crippen LogP contribution in [0, 0.1) is 0 Å². The Kier molecular flexibility index (Phi) is 5.79. The second-order valence-electron chi connectivity index (χ2n) is 4.75. The van der Waals surface area contributed by atoms with E-state index in [4.69, 9.17) is 4.74 Å². The maximum Gasteiger partial charge on any atom is 0.338 e. The zero-order valence-corrected chi connectivity index (χ0v) is 14.9. The molecule has 0 saturated carbocycles. The van der Waals surface area contributed by atoms with E-state index in [0.717, 1.165) is 6.42 Å². The summed E-state index contributed by atoms with van der Waals surface area (Å²) in [5.41, 5.74) is 0.745. The fraction of sp³-hybridized carbons (Fsp3) is 0.188. The highest BCUT2D eigenvalue weighted by molar-refractivity contribution is 9.10. The van der Waals surface area contributed by atoms with E-state index in [-0.39, 0.29) is 4.90 Å². The number of hydrogen-bond acceptors (Lipinski definition) is 4. The van der Waals surface area contributed by atoms with Crippen LogP contribution in [0.15, 0.2) is 57.9 Å². The van der Waals surface area contributed by atoms with Crippen molar-refractivity contribution in [3.8, 4) is 0 Å². The lowest BCUT2D eigenvalue weighted by Gasteiger charge is -2.10. The number of rotatable bonds is 6. The van der Waals surface area contributed by atoms with Gasteiger partial charge in [-0.15, -0.1) is 0 Å². The molecule has 7 heteroatoms. The van der Waals surface area contributed by atoms with Gasteiger partial charge >= 0.3 is 5.97 Å². The van der Waals surface area contributed by atoms with Gasteiger partial charge < -0.3 is 4.74 Å². The largest absolute Gasteiger partial charge is 0.462 e. The first-order valence-electron chi connectivity index (χ1n) is 6.98. The number of ether oxygens (including phenoxy) is 1. The van der Waals surface area contributed by atoms with Crippen molar-refractivity contribution >= 4 is 37.6 Å². The molecule has 5 nitrogen and oxygen atoms in total. The maximum absolute atomic E-state index is 12.3. The highest BCUT2D eigenvalue weighted by Gasteiger charge is 2.17. The molecule has 0 aromatic heterocycles. The van der Waals surface area contributed by atoms with Gasteiger partial charge in [0, 0.05) is 10.2 Å². The molecule has 0 aliphatic carbocycles. The van der Waals surface area contributed by atoms with Crippen LogP contribution in [0.25, 0.3) is 0 Å². The van der Waals surface area contributed by atoms with Gasteiger partial charge in [-0.1, -0.05) is 19.1 Å². The van der Waals surface area contributed by atoms with Crippen LogP contribution in [0.5, 0.6) is 0 Å². The quantitative estimate of drug-likeness (QED) is 0.751. The third-order valence-corrected chi connectivity index (χ3v) is 5.33. The fourth-order valence-electron chi connectivity index (χ4n) is 1.83. The zero-order valence-electron chi connectivity index (χ0n) is 12.5. The van der Waals surface area contributed by atoms with E-state index in [0.29, 0.717) is 22.3 Å². The second-order valence-corrected chi connectivity index (χ2v) is 7.25. The fourth-order valence-corrected chi connectivity index (χ4v) is 3.89. The molecule has 2 aromatic rings. The smallest absolute Gasteiger partial charge is 0.338 e. The third-order valence-electron chi connectivity index (χ3n) is 2.94. The number of benzene rings is 2. The monoisotopic (exact) mass is 397 g/mol. The van der Waals surface area contributed by atoms with E-state index >= 15 is 0 Å². The molecule has 0 aliphatic heterocycles. The molecule has 0 unspecified atom stereocenters. The number of carbonyl (C=O) groups is 1. The third kappa shape index (κ3) is 4.56. The van der Waals surface area contributed by atoms with Crippen molar-refractivity contribution in [1.29, 1.82) is 0 Å². The van der Waals surface area contributed by atoms with E-state index < -0.39 is 16.0 Å². The van der Waals surface area contributed by atoms with Crippen LogP contribution in [0.1, 0.15) is 23.7 Å². The van der Waals surface area contributed by atoms with Crippen LogP contribution >= 0.6 is 15.9 Å². The summed E-state index contributed by atoms with van der Waals surface area (Å²) in [5, 5.41) is 0. The molecular formula is C16H16BrNO4S. The van der Waals surface area contributed by atoms with Gasteiger partial charge in [0.05, 0.1) is 12.2 Å². The summed E-state index contributed by atoms with van der Waals surface area (Å²) in [4.78, 5) is 11.8. The minimum atomic E-state index is -3.70. The first-order chi connectivity index (χ1) is 10.9. The van der Waals surface area contributed by atoms with E-state index in [9.17, 15) is 13.2 Å². The highest BCUT2D eigenvalue weighted by atomic mass is 79.9. The number of hydrogen-bond donors (Lipinski definition) is 1. The normalized spacial score (nSPS) is 11.0. The molecule has 1 N–H and O–H groups in total. The van der Waals surface area contributed by atoms with Gasteiger partial charge in [-0.05, 0) is 58.7 Å². The number of halogens is 1. The molecule has 0 bridgehead atoms. The Bertz CT molecular complexity index is 788. The average Bonchev–Trinajstić information content (AvgIpc) is 2.53. The first-order valence-corrected chi connectivity index (χ1v) is 9.26. The van der Waals surface area contributed by atoms with E-state index in [1.165, 1.54) is 30.3 Å². The number of esters is 1. The predicted octanol–water partition coefficient (Wildman–Crippen LogP) is 3.82. The van der Waals surface area contributed by atoms with E-state index in [1.807, 2.05) is 6.92 Å². The maximum atomic E-state index is 12.3. The topological polar surface area (TPSA) is 72.5 Å². The first kappa shape index (κ1) is 17.5. The Morgan fingerprint density at radius 3 is 2.39 bits per heavy atom. The Labute approximate surface area is 143 Å². The van der Waals surface area contributed by atoms with Crippen LogP contribution < -0.4 is 4.72 Å². The van der Waals surface area contributed by atoms with Crippen molar-refractivity contribution in [3.63, 3.8) is 0 Å². The number of sulfonamides is 1. The lowest BCUT2D eigenvalue weighted by Crippen LogP contribution is -2.13. The lowest BCUT2D eigenvalue weighted by atomic mass is 10.2. The van der Waals surface area contributed by atoms with Crippen molar-refractivity contribution in [1.82, 2.24) is 0 Å². The molecule has 0 saturated heterocycles. The summed E-state index contributed by atoms with van der Waals surface area (Å²) in [5.74, 6) is -0.424. The molecule has 0 heterocycles. The van der Waals surface area contributed by atoms with E-state index in [1.54, 1.807) is 18.2 Å². The molecular weight excluding hydrogens is 382 g/mol. The molecule has 122 valence electrons. The molecule has 2 rings (SSSR count). The molecule has 23 heavy (non-hydrogen) atoms. The Balaban J connectivity index is 2.15. The van der Waals surface area contributed by atoms with Gasteiger partial charge in [-0.2, -0.15) is 0 Å². The summed E-state index contributed by atoms with van der Waals surface area (Å²) >= 11 is 3.22. The zero-order chi connectivity index (χ0) is 16.9. The standard InChI is InChI=1S/C16H16BrNO4S/c1-2-11-22-16(19)12-7-9-13(10-8-12)18-23(20,21)15-6-4-3-5-14(15)17/h3-10,18H,2,11H2,1H3. The van der Waals surface area contributed by atoms with Crippen LogP contribution in [0.3, 0.4) is 0 Å². The molecule has 0 aliphatic rings. The molecule has 0 atom stereocenters. The Morgan fingerprint density at radius 1 is 1.13 bits per heavy atom. The summed E-state index contributed by atoms with van der Waals surface area (Å²) in [6.45, 7) is 2.27. The molecule has 0 fully saturated rings. The summed E-state index contributed by atoms with van der Waals surface area (Å²) in [6, 6.07) is 12.6. The molecule has 0 spiro atoms. The lowest BCUT2D eigenvalue weighted by molar-refractivity contribution is 0.0505. The van der Waals surface area contributed by atoms with Gasteiger partial charge in [0.2, 0.25) is 0 Å². The number of carbonyl (C=O) groups excluding carboxylic acids is 1. The van der Waals surface area contributed by atoms with E-state index in [2.05, 4.69) is 20.7 Å². The minimum Gasteiger partial charge on any atom is -0.462 e. The highest BCUT2D eigenvalue weighted by Crippen LogP contribution is 2.24. The SMILES string of the molecule is CCCOC(=O)c1ccc(NS(=O)(=O)c2ccccc2Br)cc1. The van der Waals surface area contributed by atoms with Crippen LogP contribution in [0.2, 0.25) is 0 Å². The Hall–Kier alpha value is -1.86. The molecule has 2 aromatic carbocycles. The minimum absolute atomic E-state index is 0.145. The van der Waals surface area contributed by atoms with Gasteiger partial charge in [-0.3, -0.25) is 4.72 Å². The van der Waals surface area contributed by atoms with Crippen molar-refractivity contribution in [2.24, 2.45) is 0 Å². The van der Waals surface area contributed by atoms with Crippen molar-refractivity contribution in [3.05, 3.63) is 58.6 Å². The second kappa shape index (κ2) is 7.61. The number of nitrogens with one attached hydrogen (secondary N) is 1. The molecule has 0 amide bonds. The summed E-state index contributed by atoms with van der Waals surface area (Å²) < 4.78 is 32.7. The van der Waals surface area contributed by atoms with Crippen LogP contribution in [-0.4, -0.2) is 21.0 Å². The summed E-state index contributed by atoms with van der Waals surface area (Å²) in [7, 11) is -3.70. The van der Waals surface area contributed by atoms with Crippen molar-refractivity contribution in [2.75, 3.05) is 11.3 Å². The molecule has 0 radical (unpaired) electrons. The van der Waals surface area contributed by atoms with Crippen LogP contribution in [-0.2, 0) is 14.8 Å². The predicted molar refractivity (Wildman–Crippen MR) is 92.0 cm³/mol. The van der Waals surface area contributed by atoms with Gasteiger partial charge in [0.25, 0.3) is 10.0 Å². The number of anilines is 1. The average molecular weight is 398 g/mol. The van der Waals surface area contributed by atoms with Crippen molar-refractivity contribution < 1.29 is 17.9 Å². The van der Waals surface area contributed by atoms with Crippen molar-refractivity contribution in [2.45, 2.75) is 18.2 Å². The summed E-state index contributed by atoms with van der Waals surface area (Å²) in [6.07, 6.45) is 0.746. The van der Waals surface area contributed by atoms with Gasteiger partial charge in [0.15, 0.2) is 0 Å². The Morgan fingerprint density at radius 2 is 1.78 bits per heavy atom. The van der Waals surface area contributed by atoms with Crippen LogP contribution in [0.4, 0.5) is 5.69 Å².